The molecular weight excluding hydrogens is 322 g/mol. The number of rotatable bonds is 4. The minimum Gasteiger partial charge on any atom is -0.369 e. The van der Waals surface area contributed by atoms with Crippen LogP contribution in [0.15, 0.2) is 23.1 Å². The van der Waals surface area contributed by atoms with Gasteiger partial charge in [-0.05, 0) is 18.6 Å². The molecule has 1 fully saturated rings. The lowest BCUT2D eigenvalue weighted by atomic mass is 10.1. The molecule has 1 heterocycles. The van der Waals surface area contributed by atoms with E-state index < -0.39 is 32.5 Å². The molecule has 1 aliphatic heterocycles. The number of sulfonamides is 1. The van der Waals surface area contributed by atoms with Gasteiger partial charge in [0.2, 0.25) is 15.9 Å². The van der Waals surface area contributed by atoms with E-state index >= 15 is 0 Å². The van der Waals surface area contributed by atoms with E-state index in [1.807, 2.05) is 0 Å². The van der Waals surface area contributed by atoms with Crippen molar-refractivity contribution in [3.8, 4) is 0 Å². The fraction of sp³-hybridized carbons (Fsp3) is 0.364. The van der Waals surface area contributed by atoms with Crippen molar-refractivity contribution in [2.75, 3.05) is 13.1 Å². The van der Waals surface area contributed by atoms with E-state index in [2.05, 4.69) is 0 Å². The number of nitro groups is 1. The molecule has 1 saturated heterocycles. The van der Waals surface area contributed by atoms with E-state index in [0.29, 0.717) is 6.42 Å². The molecule has 1 aromatic carbocycles. The van der Waals surface area contributed by atoms with Gasteiger partial charge in [0.25, 0.3) is 5.69 Å². The molecule has 0 aromatic heterocycles. The summed E-state index contributed by atoms with van der Waals surface area (Å²) in [6, 6.07) is 3.27. The molecule has 10 heteroatoms. The Morgan fingerprint density at radius 2 is 2.14 bits per heavy atom. The summed E-state index contributed by atoms with van der Waals surface area (Å²) in [5.41, 5.74) is 4.68. The fourth-order valence-corrected chi connectivity index (χ4v) is 3.83. The van der Waals surface area contributed by atoms with E-state index in [9.17, 15) is 23.3 Å². The first-order valence-corrected chi connectivity index (χ1v) is 7.78. The molecule has 21 heavy (non-hydrogen) atoms. The largest absolute Gasteiger partial charge is 0.369 e. The number of nitro benzene ring substituents is 1. The van der Waals surface area contributed by atoms with Crippen LogP contribution >= 0.6 is 11.6 Å². The van der Waals surface area contributed by atoms with Crippen LogP contribution in [0, 0.1) is 16.0 Å². The number of carbonyl (C=O) groups is 1. The summed E-state index contributed by atoms with van der Waals surface area (Å²) in [5.74, 6) is -1.10. The zero-order valence-corrected chi connectivity index (χ0v) is 12.3. The summed E-state index contributed by atoms with van der Waals surface area (Å²) >= 11 is 5.65. The van der Waals surface area contributed by atoms with Gasteiger partial charge in [0, 0.05) is 19.2 Å². The quantitative estimate of drug-likeness (QED) is 0.643. The molecule has 1 atom stereocenters. The predicted octanol–water partition coefficient (Wildman–Crippen LogP) is 0.744. The van der Waals surface area contributed by atoms with Gasteiger partial charge in [-0.2, -0.15) is 4.31 Å². The zero-order chi connectivity index (χ0) is 15.8. The molecule has 0 spiro atoms. The molecule has 2 rings (SSSR count). The molecule has 1 aromatic rings. The summed E-state index contributed by atoms with van der Waals surface area (Å²) in [6.07, 6.45) is 0.338. The lowest BCUT2D eigenvalue weighted by Crippen LogP contribution is -2.31. The summed E-state index contributed by atoms with van der Waals surface area (Å²) in [6.45, 7) is 0.125. The monoisotopic (exact) mass is 333 g/mol. The Balaban J connectivity index is 2.35. The van der Waals surface area contributed by atoms with Crippen molar-refractivity contribution >= 4 is 33.2 Å². The normalized spacial score (nSPS) is 19.6. The van der Waals surface area contributed by atoms with E-state index in [1.165, 1.54) is 6.07 Å². The molecule has 0 aliphatic carbocycles. The van der Waals surface area contributed by atoms with E-state index in [0.717, 1.165) is 16.4 Å². The summed E-state index contributed by atoms with van der Waals surface area (Å²) in [5, 5.41) is 10.7. The van der Waals surface area contributed by atoms with Crippen molar-refractivity contribution in [2.24, 2.45) is 11.7 Å². The van der Waals surface area contributed by atoms with Gasteiger partial charge in [-0.15, -0.1) is 0 Å². The molecule has 0 radical (unpaired) electrons. The number of primary amides is 1. The van der Waals surface area contributed by atoms with Crippen LogP contribution in [0.3, 0.4) is 0 Å². The van der Waals surface area contributed by atoms with E-state index in [-0.39, 0.29) is 23.0 Å². The van der Waals surface area contributed by atoms with Crippen LogP contribution in [0.5, 0.6) is 0 Å². The maximum absolute atomic E-state index is 12.4. The molecule has 1 aliphatic rings. The second-order valence-electron chi connectivity index (χ2n) is 4.62. The van der Waals surface area contributed by atoms with Gasteiger partial charge in [0.05, 0.1) is 15.7 Å². The number of carbonyl (C=O) groups excluding carboxylic acids is 1. The third-order valence-corrected chi connectivity index (χ3v) is 5.49. The highest BCUT2D eigenvalue weighted by molar-refractivity contribution is 7.89. The second-order valence-corrected chi connectivity index (χ2v) is 6.97. The molecule has 2 N–H and O–H groups in total. The van der Waals surface area contributed by atoms with Crippen LogP contribution in [0.1, 0.15) is 6.42 Å². The van der Waals surface area contributed by atoms with Crippen LogP contribution in [0.25, 0.3) is 0 Å². The predicted molar refractivity (Wildman–Crippen MR) is 74.2 cm³/mol. The van der Waals surface area contributed by atoms with Crippen molar-refractivity contribution in [3.05, 3.63) is 33.3 Å². The number of nitrogens with two attached hydrogens (primary N) is 1. The number of hydrogen-bond acceptors (Lipinski definition) is 5. The molecule has 1 unspecified atom stereocenters. The van der Waals surface area contributed by atoms with Crippen LogP contribution in [0.4, 0.5) is 5.69 Å². The number of halogens is 1. The van der Waals surface area contributed by atoms with E-state index in [1.54, 1.807) is 0 Å². The van der Waals surface area contributed by atoms with Crippen LogP contribution < -0.4 is 5.73 Å². The average molecular weight is 334 g/mol. The molecular formula is C11H12ClN3O5S. The first kappa shape index (κ1) is 15.7. The van der Waals surface area contributed by atoms with Crippen molar-refractivity contribution in [3.63, 3.8) is 0 Å². The molecule has 114 valence electrons. The highest BCUT2D eigenvalue weighted by Crippen LogP contribution is 2.30. The first-order chi connectivity index (χ1) is 9.73. The zero-order valence-electron chi connectivity index (χ0n) is 10.7. The Bertz CT molecular complexity index is 706. The Morgan fingerprint density at radius 1 is 1.48 bits per heavy atom. The lowest BCUT2D eigenvalue weighted by molar-refractivity contribution is -0.384. The van der Waals surface area contributed by atoms with Crippen LogP contribution in [-0.2, 0) is 14.8 Å². The number of nitrogens with zero attached hydrogens (tertiary/aromatic N) is 2. The highest BCUT2D eigenvalue weighted by atomic mass is 35.5. The average Bonchev–Trinajstić information content (AvgIpc) is 2.89. The Hall–Kier alpha value is -1.71. The Morgan fingerprint density at radius 3 is 2.67 bits per heavy atom. The van der Waals surface area contributed by atoms with Gasteiger partial charge >= 0.3 is 0 Å². The van der Waals surface area contributed by atoms with Crippen molar-refractivity contribution in [1.82, 2.24) is 4.31 Å². The van der Waals surface area contributed by atoms with Gasteiger partial charge < -0.3 is 5.73 Å². The number of hydrogen-bond donors (Lipinski definition) is 1. The van der Waals surface area contributed by atoms with Gasteiger partial charge in [-0.1, -0.05) is 11.6 Å². The summed E-state index contributed by atoms with van der Waals surface area (Å²) < 4.78 is 25.9. The van der Waals surface area contributed by atoms with Gasteiger partial charge in [-0.3, -0.25) is 14.9 Å². The smallest absolute Gasteiger partial charge is 0.289 e. The van der Waals surface area contributed by atoms with Gasteiger partial charge in [0.1, 0.15) is 5.02 Å². The molecule has 0 bridgehead atoms. The number of amides is 1. The first-order valence-electron chi connectivity index (χ1n) is 5.97. The molecule has 0 saturated carbocycles. The van der Waals surface area contributed by atoms with E-state index in [4.69, 9.17) is 17.3 Å². The minimum absolute atomic E-state index is 0.0198. The SMILES string of the molecule is NC(=O)C1CCN(S(=O)(=O)c2ccc(Cl)c([N+](=O)[O-])c2)C1. The highest BCUT2D eigenvalue weighted by Gasteiger charge is 2.35. The molecule has 1 amide bonds. The van der Waals surface area contributed by atoms with Crippen molar-refractivity contribution < 1.29 is 18.1 Å². The van der Waals surface area contributed by atoms with Crippen molar-refractivity contribution in [1.29, 1.82) is 0 Å². The second kappa shape index (κ2) is 5.58. The third kappa shape index (κ3) is 2.99. The lowest BCUT2D eigenvalue weighted by Gasteiger charge is -2.16. The fourth-order valence-electron chi connectivity index (χ4n) is 2.12. The third-order valence-electron chi connectivity index (χ3n) is 3.31. The maximum atomic E-state index is 12.4. The van der Waals surface area contributed by atoms with Crippen LogP contribution in [-0.4, -0.2) is 36.6 Å². The number of benzene rings is 1. The Kier molecular flexibility index (Phi) is 4.17. The summed E-state index contributed by atoms with van der Waals surface area (Å²) in [4.78, 5) is 20.9. The maximum Gasteiger partial charge on any atom is 0.289 e. The van der Waals surface area contributed by atoms with Crippen LogP contribution in [0.2, 0.25) is 5.02 Å². The van der Waals surface area contributed by atoms with Gasteiger partial charge in [0.15, 0.2) is 0 Å². The van der Waals surface area contributed by atoms with Crippen molar-refractivity contribution in [2.45, 2.75) is 11.3 Å². The standard InChI is InChI=1S/C11H12ClN3O5S/c12-9-2-1-8(5-10(9)15(17)18)21(19,20)14-4-3-7(6-14)11(13)16/h1-2,5,7H,3-4,6H2,(H2,13,16). The van der Waals surface area contributed by atoms with Gasteiger partial charge in [-0.25, -0.2) is 8.42 Å². The Labute approximate surface area is 125 Å². The molecule has 8 nitrogen and oxygen atoms in total. The minimum atomic E-state index is -3.92. The topological polar surface area (TPSA) is 124 Å². The summed E-state index contributed by atoms with van der Waals surface area (Å²) in [7, 11) is -3.92.